The molecule has 17 heavy (non-hydrogen) atoms. The molecule has 1 N–H and O–H groups in total. The number of halogens is 1. The summed E-state index contributed by atoms with van der Waals surface area (Å²) in [7, 11) is 0. The molecule has 0 aliphatic rings. The van der Waals surface area contributed by atoms with E-state index in [0.29, 0.717) is 0 Å². The van der Waals surface area contributed by atoms with Crippen molar-refractivity contribution >= 4 is 11.3 Å². The normalized spacial score (nSPS) is 12.6. The largest absolute Gasteiger partial charge is 0.307 e. The first-order valence-corrected chi connectivity index (χ1v) is 6.62. The highest BCUT2D eigenvalue weighted by Gasteiger charge is 2.13. The molecule has 1 nitrogen and oxygen atoms in total. The van der Waals surface area contributed by atoms with Crippen molar-refractivity contribution in [2.24, 2.45) is 0 Å². The Morgan fingerprint density at radius 2 is 1.94 bits per heavy atom. The van der Waals surface area contributed by atoms with E-state index in [1.807, 2.05) is 12.1 Å². The number of rotatable bonds is 4. The van der Waals surface area contributed by atoms with Gasteiger partial charge in [-0.2, -0.15) is 0 Å². The zero-order valence-corrected chi connectivity index (χ0v) is 10.9. The van der Waals surface area contributed by atoms with Crippen molar-refractivity contribution < 1.29 is 4.39 Å². The van der Waals surface area contributed by atoms with E-state index in [4.69, 9.17) is 0 Å². The van der Waals surface area contributed by atoms with Gasteiger partial charge in [0, 0.05) is 4.88 Å². The fourth-order valence-electron chi connectivity index (χ4n) is 1.90. The summed E-state index contributed by atoms with van der Waals surface area (Å²) in [5, 5.41) is 5.59. The van der Waals surface area contributed by atoms with E-state index < -0.39 is 0 Å². The summed E-state index contributed by atoms with van der Waals surface area (Å²) in [6.07, 6.45) is 0. The van der Waals surface area contributed by atoms with Crippen LogP contribution in [0.2, 0.25) is 0 Å². The highest BCUT2D eigenvalue weighted by atomic mass is 32.1. The average Bonchev–Trinajstić information content (AvgIpc) is 2.74. The van der Waals surface area contributed by atoms with Gasteiger partial charge in [0.05, 0.1) is 6.04 Å². The molecule has 0 bridgehead atoms. The van der Waals surface area contributed by atoms with Gasteiger partial charge in [-0.25, -0.2) is 4.39 Å². The first-order valence-electron chi connectivity index (χ1n) is 5.74. The lowest BCUT2D eigenvalue weighted by Gasteiger charge is -2.17. The molecule has 0 amide bonds. The summed E-state index contributed by atoms with van der Waals surface area (Å²) in [5.41, 5.74) is 2.35. The number of hydrogen-bond acceptors (Lipinski definition) is 2. The third-order valence-corrected chi connectivity index (χ3v) is 3.58. The molecule has 1 unspecified atom stereocenters. The van der Waals surface area contributed by atoms with Crippen molar-refractivity contribution in [3.8, 4) is 0 Å². The molecule has 1 aromatic heterocycles. The maximum atomic E-state index is 12.9. The highest BCUT2D eigenvalue weighted by molar-refractivity contribution is 7.10. The standard InChI is InChI=1S/C14H16FNS/c1-3-16-14(12-8-10(2)17-9-12)11-4-6-13(15)7-5-11/h4-9,14,16H,3H2,1-2H3. The number of aryl methyl sites for hydroxylation is 1. The number of nitrogens with one attached hydrogen (secondary N) is 1. The van der Waals surface area contributed by atoms with Crippen LogP contribution in [0, 0.1) is 12.7 Å². The van der Waals surface area contributed by atoms with E-state index in [2.05, 4.69) is 30.6 Å². The fourth-order valence-corrected chi connectivity index (χ4v) is 2.63. The molecule has 1 aromatic carbocycles. The summed E-state index contributed by atoms with van der Waals surface area (Å²) < 4.78 is 12.9. The Balaban J connectivity index is 2.31. The molecular formula is C14H16FNS. The Morgan fingerprint density at radius 3 is 2.47 bits per heavy atom. The molecule has 0 fully saturated rings. The Bertz CT molecular complexity index is 475. The second kappa shape index (κ2) is 5.43. The van der Waals surface area contributed by atoms with Crippen LogP contribution in [0.5, 0.6) is 0 Å². The second-order valence-corrected chi connectivity index (χ2v) is 5.15. The minimum atomic E-state index is -0.189. The van der Waals surface area contributed by atoms with Crippen molar-refractivity contribution in [3.63, 3.8) is 0 Å². The number of thiophene rings is 1. The molecule has 90 valence electrons. The molecule has 0 radical (unpaired) electrons. The third-order valence-electron chi connectivity index (χ3n) is 2.70. The number of hydrogen-bond donors (Lipinski definition) is 1. The molecule has 0 spiro atoms. The SMILES string of the molecule is CCNC(c1ccc(F)cc1)c1csc(C)c1. The smallest absolute Gasteiger partial charge is 0.123 e. The molecule has 2 aromatic rings. The Hall–Kier alpha value is -1.19. The minimum Gasteiger partial charge on any atom is -0.307 e. The van der Waals surface area contributed by atoms with Gasteiger partial charge in [-0.1, -0.05) is 19.1 Å². The summed E-state index contributed by atoms with van der Waals surface area (Å²) in [6.45, 7) is 5.06. The molecule has 0 saturated carbocycles. The number of benzene rings is 1. The topological polar surface area (TPSA) is 12.0 Å². The molecule has 2 rings (SSSR count). The van der Waals surface area contributed by atoms with Gasteiger partial charge in [-0.15, -0.1) is 11.3 Å². The third kappa shape index (κ3) is 2.93. The molecular weight excluding hydrogens is 233 g/mol. The van der Waals surface area contributed by atoms with Crippen LogP contribution < -0.4 is 5.32 Å². The first kappa shape index (κ1) is 12.3. The van der Waals surface area contributed by atoms with Crippen molar-refractivity contribution in [2.45, 2.75) is 19.9 Å². The van der Waals surface area contributed by atoms with E-state index in [0.717, 1.165) is 12.1 Å². The minimum absolute atomic E-state index is 0.158. The Labute approximate surface area is 105 Å². The summed E-state index contributed by atoms with van der Waals surface area (Å²) in [5.74, 6) is -0.189. The summed E-state index contributed by atoms with van der Waals surface area (Å²) >= 11 is 1.74. The van der Waals surface area contributed by atoms with E-state index in [-0.39, 0.29) is 11.9 Å². The molecule has 0 aliphatic heterocycles. The maximum Gasteiger partial charge on any atom is 0.123 e. The summed E-state index contributed by atoms with van der Waals surface area (Å²) in [6, 6.07) is 9.05. The van der Waals surface area contributed by atoms with E-state index in [9.17, 15) is 4.39 Å². The van der Waals surface area contributed by atoms with E-state index >= 15 is 0 Å². The highest BCUT2D eigenvalue weighted by Crippen LogP contribution is 2.26. The van der Waals surface area contributed by atoms with Gasteiger partial charge in [0.15, 0.2) is 0 Å². The van der Waals surface area contributed by atoms with Gasteiger partial charge in [-0.05, 0) is 48.2 Å². The van der Waals surface area contributed by atoms with Crippen molar-refractivity contribution in [1.29, 1.82) is 0 Å². The van der Waals surface area contributed by atoms with Gasteiger partial charge in [0.2, 0.25) is 0 Å². The van der Waals surface area contributed by atoms with Gasteiger partial charge in [-0.3, -0.25) is 0 Å². The van der Waals surface area contributed by atoms with Crippen LogP contribution in [-0.2, 0) is 0 Å². The van der Waals surface area contributed by atoms with E-state index in [1.54, 1.807) is 11.3 Å². The zero-order chi connectivity index (χ0) is 12.3. The second-order valence-electron chi connectivity index (χ2n) is 4.03. The zero-order valence-electron chi connectivity index (χ0n) is 10.0. The Morgan fingerprint density at radius 1 is 1.24 bits per heavy atom. The van der Waals surface area contributed by atoms with Crippen molar-refractivity contribution in [1.82, 2.24) is 5.32 Å². The van der Waals surface area contributed by atoms with Crippen molar-refractivity contribution in [3.05, 3.63) is 57.5 Å². The van der Waals surface area contributed by atoms with Crippen LogP contribution in [-0.4, -0.2) is 6.54 Å². The summed E-state index contributed by atoms with van der Waals surface area (Å²) in [4.78, 5) is 1.30. The van der Waals surface area contributed by atoms with Gasteiger partial charge < -0.3 is 5.32 Å². The lowest BCUT2D eigenvalue weighted by Crippen LogP contribution is -2.21. The Kier molecular flexibility index (Phi) is 3.92. The lowest BCUT2D eigenvalue weighted by molar-refractivity contribution is 0.614. The van der Waals surface area contributed by atoms with Crippen molar-refractivity contribution in [2.75, 3.05) is 6.54 Å². The van der Waals surface area contributed by atoms with Crippen LogP contribution in [0.1, 0.15) is 29.0 Å². The van der Waals surface area contributed by atoms with E-state index in [1.165, 1.54) is 22.6 Å². The molecule has 0 aliphatic carbocycles. The van der Waals surface area contributed by atoms with Gasteiger partial charge in [0.1, 0.15) is 5.82 Å². The quantitative estimate of drug-likeness (QED) is 0.866. The lowest BCUT2D eigenvalue weighted by atomic mass is 10.0. The average molecular weight is 249 g/mol. The van der Waals surface area contributed by atoms with Crippen LogP contribution in [0.4, 0.5) is 4.39 Å². The predicted molar refractivity (Wildman–Crippen MR) is 71.0 cm³/mol. The van der Waals surface area contributed by atoms with Gasteiger partial charge in [0.25, 0.3) is 0 Å². The molecule has 3 heteroatoms. The molecule has 1 heterocycles. The van der Waals surface area contributed by atoms with Gasteiger partial charge >= 0.3 is 0 Å². The first-order chi connectivity index (χ1) is 8.20. The maximum absolute atomic E-state index is 12.9. The van der Waals surface area contributed by atoms with Crippen LogP contribution in [0.15, 0.2) is 35.7 Å². The predicted octanol–water partition coefficient (Wildman–Crippen LogP) is 3.89. The van der Waals surface area contributed by atoms with Crippen LogP contribution >= 0.6 is 11.3 Å². The fraction of sp³-hybridized carbons (Fsp3) is 0.286. The monoisotopic (exact) mass is 249 g/mol. The van der Waals surface area contributed by atoms with Crippen LogP contribution in [0.3, 0.4) is 0 Å². The van der Waals surface area contributed by atoms with Crippen LogP contribution in [0.25, 0.3) is 0 Å². The molecule has 0 saturated heterocycles. The molecule has 1 atom stereocenters.